The fraction of sp³-hybridized carbons (Fsp3) is 0.364. The Labute approximate surface area is 164 Å². The van der Waals surface area contributed by atoms with Crippen molar-refractivity contribution in [3.05, 3.63) is 66.0 Å². The minimum Gasteiger partial charge on any atom is -0.492 e. The Hall–Kier alpha value is -2.89. The standard InChI is InChI=1S/C22H25FN2O3/c1-24(13-14-28-20-9-7-19(23)8-10-20)22(27)18-15-21(26)25(16-18)12-11-17-5-3-2-4-6-17/h2-10,18H,11-16H2,1H3. The zero-order valence-electron chi connectivity index (χ0n) is 16.0. The molecule has 6 heteroatoms. The highest BCUT2D eigenvalue weighted by Gasteiger charge is 2.35. The molecule has 1 unspecified atom stereocenters. The SMILES string of the molecule is CN(CCOc1ccc(F)cc1)C(=O)C1CC(=O)N(CCc2ccccc2)C1. The molecule has 0 saturated carbocycles. The summed E-state index contributed by atoms with van der Waals surface area (Å²) in [5.74, 6) is -0.0737. The number of amides is 2. The summed E-state index contributed by atoms with van der Waals surface area (Å²) in [7, 11) is 1.72. The molecule has 0 radical (unpaired) electrons. The summed E-state index contributed by atoms with van der Waals surface area (Å²) in [6, 6.07) is 15.8. The number of nitrogens with zero attached hydrogens (tertiary/aromatic N) is 2. The minimum atomic E-state index is -0.317. The zero-order valence-corrected chi connectivity index (χ0v) is 16.0. The first kappa shape index (κ1) is 19.9. The van der Waals surface area contributed by atoms with Gasteiger partial charge >= 0.3 is 0 Å². The van der Waals surface area contributed by atoms with E-state index in [0.717, 1.165) is 6.42 Å². The molecule has 148 valence electrons. The molecule has 2 aromatic carbocycles. The molecular weight excluding hydrogens is 359 g/mol. The first-order valence-corrected chi connectivity index (χ1v) is 9.48. The van der Waals surface area contributed by atoms with Gasteiger partial charge in [0.25, 0.3) is 0 Å². The monoisotopic (exact) mass is 384 g/mol. The highest BCUT2D eigenvalue weighted by Crippen LogP contribution is 2.20. The van der Waals surface area contributed by atoms with E-state index in [2.05, 4.69) is 0 Å². The lowest BCUT2D eigenvalue weighted by Gasteiger charge is -2.21. The van der Waals surface area contributed by atoms with E-state index in [1.165, 1.54) is 17.7 Å². The molecule has 1 saturated heterocycles. The lowest BCUT2D eigenvalue weighted by Crippen LogP contribution is -2.37. The summed E-state index contributed by atoms with van der Waals surface area (Å²) in [4.78, 5) is 28.3. The summed E-state index contributed by atoms with van der Waals surface area (Å²) < 4.78 is 18.4. The van der Waals surface area contributed by atoms with Crippen LogP contribution in [0.15, 0.2) is 54.6 Å². The van der Waals surface area contributed by atoms with Crippen molar-refractivity contribution in [2.45, 2.75) is 12.8 Å². The van der Waals surface area contributed by atoms with Crippen LogP contribution in [0.3, 0.4) is 0 Å². The maximum atomic E-state index is 12.9. The number of ether oxygens (including phenoxy) is 1. The van der Waals surface area contributed by atoms with Gasteiger partial charge in [-0.3, -0.25) is 9.59 Å². The molecule has 28 heavy (non-hydrogen) atoms. The normalized spacial score (nSPS) is 16.3. The van der Waals surface area contributed by atoms with Crippen LogP contribution < -0.4 is 4.74 Å². The topological polar surface area (TPSA) is 49.9 Å². The number of likely N-dealkylation sites (tertiary alicyclic amines) is 1. The third-order valence-electron chi connectivity index (χ3n) is 4.96. The van der Waals surface area contributed by atoms with Crippen LogP contribution in [0.4, 0.5) is 4.39 Å². The number of benzene rings is 2. The van der Waals surface area contributed by atoms with Gasteiger partial charge in [-0.2, -0.15) is 0 Å². The molecule has 1 heterocycles. The number of hydrogen-bond acceptors (Lipinski definition) is 3. The van der Waals surface area contributed by atoms with E-state index in [1.807, 2.05) is 30.3 Å². The second-order valence-corrected chi connectivity index (χ2v) is 7.04. The first-order chi connectivity index (χ1) is 13.5. The van der Waals surface area contributed by atoms with Gasteiger partial charge in [-0.25, -0.2) is 4.39 Å². The van der Waals surface area contributed by atoms with Crippen LogP contribution in [-0.4, -0.2) is 54.9 Å². The van der Waals surface area contributed by atoms with Crippen LogP contribution in [0.5, 0.6) is 5.75 Å². The van der Waals surface area contributed by atoms with E-state index in [9.17, 15) is 14.0 Å². The molecule has 1 fully saturated rings. The van der Waals surface area contributed by atoms with Crippen LogP contribution in [0, 0.1) is 11.7 Å². The predicted octanol–water partition coefficient (Wildman–Crippen LogP) is 2.75. The number of carbonyl (C=O) groups excluding carboxylic acids is 2. The number of halogens is 1. The van der Waals surface area contributed by atoms with Gasteiger partial charge in [0.15, 0.2) is 0 Å². The van der Waals surface area contributed by atoms with E-state index in [0.29, 0.717) is 32.0 Å². The largest absolute Gasteiger partial charge is 0.492 e. The number of rotatable bonds is 8. The fourth-order valence-corrected chi connectivity index (χ4v) is 3.32. The number of hydrogen-bond donors (Lipinski definition) is 0. The Bertz CT molecular complexity index is 795. The van der Waals surface area contributed by atoms with Crippen molar-refractivity contribution in [3.8, 4) is 5.75 Å². The quantitative estimate of drug-likeness (QED) is 0.703. The van der Waals surface area contributed by atoms with E-state index in [1.54, 1.807) is 29.0 Å². The molecule has 5 nitrogen and oxygen atoms in total. The summed E-state index contributed by atoms with van der Waals surface area (Å²) in [6.07, 6.45) is 1.05. The molecule has 1 atom stereocenters. The first-order valence-electron chi connectivity index (χ1n) is 9.48. The Morgan fingerprint density at radius 3 is 2.61 bits per heavy atom. The van der Waals surface area contributed by atoms with Crippen LogP contribution in [-0.2, 0) is 16.0 Å². The van der Waals surface area contributed by atoms with Crippen molar-refractivity contribution >= 4 is 11.8 Å². The lowest BCUT2D eigenvalue weighted by molar-refractivity contribution is -0.134. The van der Waals surface area contributed by atoms with Crippen molar-refractivity contribution in [2.75, 3.05) is 33.3 Å². The third-order valence-corrected chi connectivity index (χ3v) is 4.96. The Morgan fingerprint density at radius 2 is 1.89 bits per heavy atom. The Morgan fingerprint density at radius 1 is 1.18 bits per heavy atom. The summed E-state index contributed by atoms with van der Waals surface area (Å²) in [5.41, 5.74) is 1.18. The number of likely N-dealkylation sites (N-methyl/N-ethyl adjacent to an activating group) is 1. The molecular formula is C22H25FN2O3. The van der Waals surface area contributed by atoms with Crippen LogP contribution in [0.2, 0.25) is 0 Å². The van der Waals surface area contributed by atoms with E-state index in [4.69, 9.17) is 4.74 Å². The van der Waals surface area contributed by atoms with E-state index < -0.39 is 0 Å². The zero-order chi connectivity index (χ0) is 19.9. The van der Waals surface area contributed by atoms with Gasteiger partial charge in [-0.15, -0.1) is 0 Å². The van der Waals surface area contributed by atoms with Gasteiger partial charge in [0.05, 0.1) is 12.5 Å². The maximum Gasteiger partial charge on any atom is 0.227 e. The second-order valence-electron chi connectivity index (χ2n) is 7.04. The van der Waals surface area contributed by atoms with Gasteiger partial charge in [0, 0.05) is 26.6 Å². The summed E-state index contributed by atoms with van der Waals surface area (Å²) in [6.45, 7) is 1.81. The molecule has 0 bridgehead atoms. The molecule has 0 aromatic heterocycles. The van der Waals surface area contributed by atoms with Crippen molar-refractivity contribution < 1.29 is 18.7 Å². The van der Waals surface area contributed by atoms with Gasteiger partial charge in [-0.05, 0) is 36.2 Å². The predicted molar refractivity (Wildman–Crippen MR) is 104 cm³/mol. The van der Waals surface area contributed by atoms with Crippen LogP contribution in [0.25, 0.3) is 0 Å². The Kier molecular flexibility index (Phi) is 6.63. The van der Waals surface area contributed by atoms with Gasteiger partial charge in [0.2, 0.25) is 11.8 Å². The Balaban J connectivity index is 1.43. The molecule has 3 rings (SSSR count). The molecule has 0 spiro atoms. The summed E-state index contributed by atoms with van der Waals surface area (Å²) in [5, 5.41) is 0. The highest BCUT2D eigenvalue weighted by molar-refractivity contribution is 5.89. The van der Waals surface area contributed by atoms with Crippen LogP contribution in [0.1, 0.15) is 12.0 Å². The molecule has 1 aliphatic heterocycles. The smallest absolute Gasteiger partial charge is 0.227 e. The molecule has 2 aromatic rings. The van der Waals surface area contributed by atoms with Crippen molar-refractivity contribution in [3.63, 3.8) is 0 Å². The molecule has 0 N–H and O–H groups in total. The summed E-state index contributed by atoms with van der Waals surface area (Å²) >= 11 is 0. The highest BCUT2D eigenvalue weighted by atomic mass is 19.1. The van der Waals surface area contributed by atoms with Gasteiger partial charge in [0.1, 0.15) is 18.2 Å². The van der Waals surface area contributed by atoms with Crippen molar-refractivity contribution in [2.24, 2.45) is 5.92 Å². The van der Waals surface area contributed by atoms with E-state index >= 15 is 0 Å². The van der Waals surface area contributed by atoms with Crippen molar-refractivity contribution in [1.82, 2.24) is 9.80 Å². The van der Waals surface area contributed by atoms with Crippen LogP contribution >= 0.6 is 0 Å². The van der Waals surface area contributed by atoms with Gasteiger partial charge < -0.3 is 14.5 Å². The minimum absolute atomic E-state index is 0.0326. The average Bonchev–Trinajstić information content (AvgIpc) is 3.08. The molecule has 1 aliphatic rings. The average molecular weight is 384 g/mol. The van der Waals surface area contributed by atoms with E-state index in [-0.39, 0.29) is 30.0 Å². The molecule has 2 amide bonds. The fourth-order valence-electron chi connectivity index (χ4n) is 3.32. The third kappa shape index (κ3) is 5.31. The van der Waals surface area contributed by atoms with Crippen molar-refractivity contribution in [1.29, 1.82) is 0 Å². The second kappa shape index (κ2) is 9.35. The maximum absolute atomic E-state index is 12.9. The molecule has 0 aliphatic carbocycles. The lowest BCUT2D eigenvalue weighted by atomic mass is 10.1. The van der Waals surface area contributed by atoms with Gasteiger partial charge in [-0.1, -0.05) is 30.3 Å². The number of carbonyl (C=O) groups is 2.